The molecular weight excluding hydrogens is 482 g/mol. The first-order chi connectivity index (χ1) is 17.9. The lowest BCUT2D eigenvalue weighted by atomic mass is 9.85. The van der Waals surface area contributed by atoms with E-state index >= 15 is 0 Å². The lowest BCUT2D eigenvalue weighted by molar-refractivity contribution is -0.0108. The number of hydrogen-bond donors (Lipinski definition) is 3. The summed E-state index contributed by atoms with van der Waals surface area (Å²) < 4.78 is 39.4. The van der Waals surface area contributed by atoms with E-state index in [1.165, 1.54) is 39.2 Å². The molecule has 8 nitrogen and oxygen atoms in total. The number of alkyl carbamates (subject to hydrolysis) is 1. The monoisotopic (exact) mass is 524 g/mol. The van der Waals surface area contributed by atoms with Crippen molar-refractivity contribution in [1.82, 2.24) is 20.9 Å². The number of methoxy groups -OCH3 is 1. The maximum Gasteiger partial charge on any atom is 0.406 e. The number of piperidine rings is 1. The number of nitrogens with zero attached hydrogens (tertiary/aromatic N) is 1. The minimum Gasteiger partial charge on any atom is -0.453 e. The largest absolute Gasteiger partial charge is 0.453 e. The molecule has 0 radical (unpaired) electrons. The molecule has 1 aliphatic carbocycles. The number of rotatable bonds is 11. The van der Waals surface area contributed by atoms with Crippen molar-refractivity contribution in [2.45, 2.75) is 63.5 Å². The van der Waals surface area contributed by atoms with Crippen LogP contribution < -0.4 is 16.0 Å². The van der Waals surface area contributed by atoms with Crippen LogP contribution in [0.15, 0.2) is 18.2 Å². The molecule has 1 aliphatic heterocycles. The van der Waals surface area contributed by atoms with E-state index in [4.69, 9.17) is 4.74 Å². The van der Waals surface area contributed by atoms with Crippen molar-refractivity contribution in [3.05, 3.63) is 35.4 Å². The molecule has 3 atom stereocenters. The molecule has 0 spiro atoms. The molecule has 1 saturated heterocycles. The first-order valence-electron chi connectivity index (χ1n) is 13.5. The van der Waals surface area contributed by atoms with E-state index in [0.29, 0.717) is 32.0 Å². The highest BCUT2D eigenvalue weighted by molar-refractivity contribution is 5.74. The Hall–Kier alpha value is -2.46. The Morgan fingerprint density at radius 2 is 1.92 bits per heavy atom. The fourth-order valence-corrected chi connectivity index (χ4v) is 5.60. The van der Waals surface area contributed by atoms with Gasteiger partial charge in [-0.25, -0.2) is 18.4 Å². The normalized spacial score (nSPS) is 20.2. The molecule has 3 amide bonds. The number of benzene rings is 1. The van der Waals surface area contributed by atoms with E-state index in [2.05, 4.69) is 20.7 Å². The van der Waals surface area contributed by atoms with E-state index < -0.39 is 23.8 Å². The van der Waals surface area contributed by atoms with Crippen molar-refractivity contribution < 1.29 is 27.8 Å². The maximum absolute atomic E-state index is 14.8. The molecule has 2 fully saturated rings. The molecule has 208 valence electrons. The lowest BCUT2D eigenvalue weighted by Crippen LogP contribution is -2.52. The van der Waals surface area contributed by atoms with Gasteiger partial charge in [0.25, 0.3) is 0 Å². The van der Waals surface area contributed by atoms with E-state index in [0.717, 1.165) is 31.0 Å². The van der Waals surface area contributed by atoms with E-state index in [-0.39, 0.29) is 36.7 Å². The van der Waals surface area contributed by atoms with Crippen LogP contribution in [0.2, 0.25) is 0 Å². The third-order valence-electron chi connectivity index (χ3n) is 7.41. The van der Waals surface area contributed by atoms with Crippen molar-refractivity contribution in [2.75, 3.05) is 46.9 Å². The Bertz CT molecular complexity index is 869. The zero-order valence-corrected chi connectivity index (χ0v) is 22.1. The first-order valence-corrected chi connectivity index (χ1v) is 13.5. The molecular formula is C27H42F2N4O4. The fraction of sp³-hybridized carbons (Fsp3) is 0.704. The number of amides is 3. The van der Waals surface area contributed by atoms with E-state index in [1.807, 2.05) is 7.05 Å². The van der Waals surface area contributed by atoms with Crippen LogP contribution in [0.25, 0.3) is 0 Å². The topological polar surface area (TPSA) is 91.9 Å². The number of likely N-dealkylation sites (tertiary alicyclic amines) is 1. The third kappa shape index (κ3) is 9.10. The second-order valence-electron chi connectivity index (χ2n) is 10.2. The molecule has 3 rings (SSSR count). The number of carbonyl (C=O) groups excluding carboxylic acids is 2. The van der Waals surface area contributed by atoms with Gasteiger partial charge in [-0.2, -0.15) is 0 Å². The summed E-state index contributed by atoms with van der Waals surface area (Å²) in [6.07, 6.45) is 7.27. The maximum atomic E-state index is 14.8. The number of likely N-dealkylation sites (N-methyl/N-ethyl adjacent to an activating group) is 1. The third-order valence-corrected chi connectivity index (χ3v) is 7.41. The summed E-state index contributed by atoms with van der Waals surface area (Å²) in [7, 11) is 3.15. The van der Waals surface area contributed by atoms with Crippen molar-refractivity contribution in [2.24, 2.45) is 11.8 Å². The molecule has 1 heterocycles. The van der Waals surface area contributed by atoms with Crippen LogP contribution in [0, 0.1) is 23.5 Å². The van der Waals surface area contributed by atoms with E-state index in [9.17, 15) is 18.4 Å². The Balaban J connectivity index is 1.66. The van der Waals surface area contributed by atoms with Crippen molar-refractivity contribution in [3.63, 3.8) is 0 Å². The van der Waals surface area contributed by atoms with Crippen molar-refractivity contribution in [1.29, 1.82) is 0 Å². The van der Waals surface area contributed by atoms with Gasteiger partial charge in [-0.1, -0.05) is 32.1 Å². The molecule has 3 unspecified atom stereocenters. The highest BCUT2D eigenvalue weighted by atomic mass is 19.1. The molecule has 2 aliphatic rings. The van der Waals surface area contributed by atoms with Gasteiger partial charge in [0.1, 0.15) is 11.6 Å². The predicted molar refractivity (Wildman–Crippen MR) is 137 cm³/mol. The second-order valence-corrected chi connectivity index (χ2v) is 10.2. The lowest BCUT2D eigenvalue weighted by Gasteiger charge is -2.38. The smallest absolute Gasteiger partial charge is 0.406 e. The number of carbonyl (C=O) groups is 2. The first kappa shape index (κ1) is 29.1. The number of halogens is 2. The molecule has 0 aromatic heterocycles. The van der Waals surface area contributed by atoms with Crippen LogP contribution >= 0.6 is 0 Å². The van der Waals surface area contributed by atoms with Crippen LogP contribution in [0.1, 0.15) is 63.0 Å². The van der Waals surface area contributed by atoms with Gasteiger partial charge in [0.15, 0.2) is 0 Å². The summed E-state index contributed by atoms with van der Waals surface area (Å²) >= 11 is 0. The van der Waals surface area contributed by atoms with Gasteiger partial charge >= 0.3 is 12.1 Å². The summed E-state index contributed by atoms with van der Waals surface area (Å²) in [6, 6.07) is 3.22. The van der Waals surface area contributed by atoms with Crippen LogP contribution in [-0.4, -0.2) is 70.0 Å². The van der Waals surface area contributed by atoms with Crippen molar-refractivity contribution >= 4 is 12.1 Å². The highest BCUT2D eigenvalue weighted by Crippen LogP contribution is 2.35. The van der Waals surface area contributed by atoms with Gasteiger partial charge in [0.2, 0.25) is 0 Å². The van der Waals surface area contributed by atoms with E-state index in [1.54, 1.807) is 4.90 Å². The Morgan fingerprint density at radius 1 is 1.14 bits per heavy atom. The Kier molecular flexibility index (Phi) is 11.9. The molecule has 37 heavy (non-hydrogen) atoms. The number of ether oxygens (including phenoxy) is 2. The number of hydrogen-bond acceptors (Lipinski definition) is 5. The molecule has 3 N–H and O–H groups in total. The average Bonchev–Trinajstić information content (AvgIpc) is 2.91. The summed E-state index contributed by atoms with van der Waals surface area (Å²) in [4.78, 5) is 26.4. The number of urea groups is 1. The van der Waals surface area contributed by atoms with Gasteiger partial charge in [0, 0.05) is 43.7 Å². The Morgan fingerprint density at radius 3 is 2.65 bits per heavy atom. The fourth-order valence-electron chi connectivity index (χ4n) is 5.60. The summed E-state index contributed by atoms with van der Waals surface area (Å²) in [6.45, 7) is 1.91. The highest BCUT2D eigenvalue weighted by Gasteiger charge is 2.33. The Labute approximate surface area is 218 Å². The molecule has 1 aromatic carbocycles. The summed E-state index contributed by atoms with van der Waals surface area (Å²) in [5.41, 5.74) is 0.121. The zero-order chi connectivity index (χ0) is 26.6. The molecule has 1 aromatic rings. The standard InChI is InChI=1S/C27H42F2N4O4/c1-30-17-22(15-19-7-4-3-5-8-19)32-26(34)33-13-6-9-20(18-33)25(37-14-12-31-27(35)36-2)23-16-21(28)10-11-24(23)29/h10-11,16,19-20,22,25,30H,3-9,12-15,17-18H2,1-2H3,(H,31,35)(H,32,34). The summed E-state index contributed by atoms with van der Waals surface area (Å²) in [5.74, 6) is -0.708. The molecule has 0 bridgehead atoms. The second kappa shape index (κ2) is 15.1. The van der Waals surface area contributed by atoms with Gasteiger partial charge in [0.05, 0.1) is 19.8 Å². The average molecular weight is 525 g/mol. The number of nitrogens with one attached hydrogen (secondary N) is 3. The van der Waals surface area contributed by atoms with Gasteiger partial charge in [-0.05, 0) is 50.4 Å². The van der Waals surface area contributed by atoms with Crippen LogP contribution in [-0.2, 0) is 9.47 Å². The summed E-state index contributed by atoms with van der Waals surface area (Å²) in [5, 5.41) is 8.94. The predicted octanol–water partition coefficient (Wildman–Crippen LogP) is 4.36. The zero-order valence-electron chi connectivity index (χ0n) is 22.1. The van der Waals surface area contributed by atoms with Gasteiger partial charge in [-0.15, -0.1) is 0 Å². The molecule has 10 heteroatoms. The van der Waals surface area contributed by atoms with Crippen LogP contribution in [0.3, 0.4) is 0 Å². The van der Waals surface area contributed by atoms with Gasteiger partial charge in [-0.3, -0.25) is 0 Å². The minimum absolute atomic E-state index is 0.0399. The molecule has 1 saturated carbocycles. The minimum atomic E-state index is -0.763. The quantitative estimate of drug-likeness (QED) is 0.374. The van der Waals surface area contributed by atoms with Gasteiger partial charge < -0.3 is 30.3 Å². The van der Waals surface area contributed by atoms with Crippen molar-refractivity contribution in [3.8, 4) is 0 Å². The SMILES string of the molecule is CNCC(CC1CCCCC1)NC(=O)N1CCCC(C(OCCNC(=O)OC)c2cc(F)ccc2F)C1. The van der Waals surface area contributed by atoms with Crippen LogP contribution in [0.5, 0.6) is 0 Å². The van der Waals surface area contributed by atoms with Crippen LogP contribution in [0.4, 0.5) is 18.4 Å².